The zero-order valence-corrected chi connectivity index (χ0v) is 14.7. The molecule has 0 unspecified atom stereocenters. The summed E-state index contributed by atoms with van der Waals surface area (Å²) in [5.74, 6) is -6.07. The fraction of sp³-hybridized carbons (Fsp3) is 0.235. The lowest BCUT2D eigenvalue weighted by Gasteiger charge is -2.20. The topological polar surface area (TPSA) is 62.3 Å². The molecule has 2 aromatic rings. The summed E-state index contributed by atoms with van der Waals surface area (Å²) in [6.07, 6.45) is 1.72. The van der Waals surface area contributed by atoms with Crippen LogP contribution in [0, 0.1) is 17.5 Å². The monoisotopic (exact) mass is 401 g/mol. The van der Waals surface area contributed by atoms with Crippen molar-refractivity contribution in [3.8, 4) is 0 Å². The first-order valence-corrected chi connectivity index (χ1v) is 9.49. The number of pyridine rings is 1. The van der Waals surface area contributed by atoms with Gasteiger partial charge in [0.15, 0.2) is 11.6 Å². The molecule has 0 bridgehead atoms. The van der Waals surface area contributed by atoms with Gasteiger partial charge in [-0.25, -0.2) is 22.2 Å². The van der Waals surface area contributed by atoms with Gasteiger partial charge in [0.25, 0.3) is 10.0 Å². The number of nitrogens with one attached hydrogen (secondary N) is 1. The second kappa shape index (κ2) is 7.65. The highest BCUT2D eigenvalue weighted by Gasteiger charge is 2.24. The van der Waals surface area contributed by atoms with Crippen molar-refractivity contribution in [1.29, 1.82) is 0 Å². The van der Waals surface area contributed by atoms with E-state index in [1.165, 1.54) is 30.3 Å². The van der Waals surface area contributed by atoms with Gasteiger partial charge in [0, 0.05) is 13.1 Å². The lowest BCUT2D eigenvalue weighted by atomic mass is 10.0. The van der Waals surface area contributed by atoms with E-state index in [0.717, 1.165) is 0 Å². The lowest BCUT2D eigenvalue weighted by molar-refractivity contribution is 0.0176. The molecule has 0 atom stereocenters. The zero-order chi connectivity index (χ0) is 19.6. The first-order chi connectivity index (χ1) is 12.8. The predicted octanol–water partition coefficient (Wildman–Crippen LogP) is 3.66. The van der Waals surface area contributed by atoms with E-state index in [0.29, 0.717) is 10.7 Å². The van der Waals surface area contributed by atoms with Gasteiger partial charge in [-0.15, -0.1) is 9.60 Å². The molecule has 0 radical (unpaired) electrons. The van der Waals surface area contributed by atoms with Gasteiger partial charge in [-0.2, -0.15) is 4.39 Å². The Balaban J connectivity index is 1.97. The fourth-order valence-corrected chi connectivity index (χ4v) is 3.61. The average molecular weight is 401 g/mol. The molecule has 144 valence electrons. The number of aromatic nitrogens is 1. The van der Waals surface area contributed by atoms with Gasteiger partial charge in [0.2, 0.25) is 11.6 Å². The molecule has 5 nitrogen and oxygen atoms in total. The summed E-state index contributed by atoms with van der Waals surface area (Å²) in [5.41, 5.74) is 0.0418. The average Bonchev–Trinajstić information content (AvgIpc) is 2.66. The van der Waals surface area contributed by atoms with E-state index in [2.05, 4.69) is 4.98 Å². The van der Waals surface area contributed by atoms with Crippen molar-refractivity contribution in [3.05, 3.63) is 59.1 Å². The summed E-state index contributed by atoms with van der Waals surface area (Å²) in [7, 11) is -4.24. The van der Waals surface area contributed by atoms with Gasteiger partial charge in [0.1, 0.15) is 5.69 Å². The van der Waals surface area contributed by atoms with E-state index in [4.69, 9.17) is 0 Å². The number of benzene rings is 1. The quantitative estimate of drug-likeness (QED) is 0.627. The van der Waals surface area contributed by atoms with Crippen molar-refractivity contribution >= 4 is 21.9 Å². The van der Waals surface area contributed by atoms with Gasteiger partial charge in [-0.3, -0.25) is 4.72 Å². The van der Waals surface area contributed by atoms with Crippen molar-refractivity contribution < 1.29 is 26.1 Å². The van der Waals surface area contributed by atoms with Crippen LogP contribution in [0.2, 0.25) is 0 Å². The molecule has 1 aromatic carbocycles. The van der Waals surface area contributed by atoms with E-state index in [1.807, 2.05) is 4.72 Å². The molecule has 2 heterocycles. The van der Waals surface area contributed by atoms with Gasteiger partial charge >= 0.3 is 0 Å². The highest BCUT2D eigenvalue weighted by Crippen LogP contribution is 2.26. The fourth-order valence-electron chi connectivity index (χ4n) is 2.58. The Bertz CT molecular complexity index is 971. The van der Waals surface area contributed by atoms with Crippen LogP contribution >= 0.6 is 0 Å². The third kappa shape index (κ3) is 4.28. The molecular weight excluding hydrogens is 386 g/mol. The van der Waals surface area contributed by atoms with Crippen LogP contribution in [0.3, 0.4) is 0 Å². The summed E-state index contributed by atoms with van der Waals surface area (Å²) in [5, 5.41) is 0.589. The van der Waals surface area contributed by atoms with Gasteiger partial charge < -0.3 is 0 Å². The molecule has 27 heavy (non-hydrogen) atoms. The molecule has 10 heteroatoms. The highest BCUT2D eigenvalue weighted by molar-refractivity contribution is 7.92. The molecule has 0 aliphatic carbocycles. The number of halogens is 4. The van der Waals surface area contributed by atoms with Crippen LogP contribution in [-0.2, 0) is 10.0 Å². The molecule has 1 aromatic heterocycles. The van der Waals surface area contributed by atoms with E-state index in [1.54, 1.807) is 6.07 Å². The van der Waals surface area contributed by atoms with Crippen molar-refractivity contribution in [2.24, 2.45) is 0 Å². The van der Waals surface area contributed by atoms with E-state index >= 15 is 0 Å². The molecule has 1 saturated heterocycles. The number of hydrogen-bond donors (Lipinski definition) is 1. The summed E-state index contributed by atoms with van der Waals surface area (Å²) in [6, 6.07) is 7.01. The Labute approximate surface area is 153 Å². The highest BCUT2D eigenvalue weighted by atomic mass is 32.2. The van der Waals surface area contributed by atoms with Crippen molar-refractivity contribution in [1.82, 2.24) is 10.1 Å². The Morgan fingerprint density at radius 2 is 1.63 bits per heavy atom. The number of sulfonamides is 1. The molecular formula is C17H15F4N3O2S. The Kier molecular flexibility index (Phi) is 5.47. The third-order valence-corrected chi connectivity index (χ3v) is 5.38. The summed E-state index contributed by atoms with van der Waals surface area (Å²) >= 11 is 0. The normalized spacial score (nSPS) is 15.6. The Morgan fingerprint density at radius 3 is 2.26 bits per heavy atom. The Hall–Kier alpha value is -2.46. The van der Waals surface area contributed by atoms with Crippen LogP contribution in [-0.4, -0.2) is 31.6 Å². The Morgan fingerprint density at radius 1 is 1.00 bits per heavy atom. The van der Waals surface area contributed by atoms with Crippen molar-refractivity contribution in [3.63, 3.8) is 0 Å². The number of anilines is 1. The second-order valence-corrected chi connectivity index (χ2v) is 7.60. The number of hydrogen-bond acceptors (Lipinski definition) is 4. The zero-order valence-electron chi connectivity index (χ0n) is 13.9. The van der Waals surface area contributed by atoms with Crippen LogP contribution in [0.1, 0.15) is 18.5 Å². The first kappa shape index (κ1) is 19.3. The predicted molar refractivity (Wildman–Crippen MR) is 91.3 cm³/mol. The minimum Gasteiger partial charge on any atom is -0.261 e. The standard InChI is InChI=1S/C17H15F4N3O2S/c18-14-13(10-11-6-8-24(21)9-7-11)22-17(16(20)15(14)19)23-27(25,26)12-4-2-1-3-5-12/h1-5,10H,6-9H2,(H,22,23). The third-order valence-electron chi connectivity index (χ3n) is 4.03. The maximum absolute atomic E-state index is 14.0. The van der Waals surface area contributed by atoms with Crippen LogP contribution in [0.15, 0.2) is 40.8 Å². The van der Waals surface area contributed by atoms with Crippen LogP contribution in [0.4, 0.5) is 23.5 Å². The van der Waals surface area contributed by atoms with E-state index in [-0.39, 0.29) is 30.8 Å². The molecule has 1 aliphatic rings. The molecule has 0 amide bonds. The van der Waals surface area contributed by atoms with Crippen molar-refractivity contribution in [2.75, 3.05) is 17.8 Å². The maximum Gasteiger partial charge on any atom is 0.263 e. The molecule has 1 fully saturated rings. The SMILES string of the molecule is O=S(=O)(Nc1nc(C=C2CCN(F)CC2)c(F)c(F)c1F)c1ccccc1. The molecule has 0 saturated carbocycles. The van der Waals surface area contributed by atoms with Crippen LogP contribution < -0.4 is 4.72 Å². The second-order valence-electron chi connectivity index (χ2n) is 5.92. The lowest BCUT2D eigenvalue weighted by Crippen LogP contribution is -2.22. The minimum atomic E-state index is -4.24. The summed E-state index contributed by atoms with van der Waals surface area (Å²) in [6.45, 7) is 0.176. The van der Waals surface area contributed by atoms with Gasteiger partial charge in [0.05, 0.1) is 4.90 Å². The van der Waals surface area contributed by atoms with Crippen LogP contribution in [0.25, 0.3) is 6.08 Å². The number of rotatable bonds is 4. The summed E-state index contributed by atoms with van der Waals surface area (Å²) in [4.78, 5) is 3.40. The number of piperidine rings is 1. The van der Waals surface area contributed by atoms with Crippen LogP contribution in [0.5, 0.6) is 0 Å². The summed E-state index contributed by atoms with van der Waals surface area (Å²) < 4.78 is 81.5. The largest absolute Gasteiger partial charge is 0.263 e. The smallest absolute Gasteiger partial charge is 0.261 e. The first-order valence-electron chi connectivity index (χ1n) is 8.00. The molecule has 1 N–H and O–H groups in total. The van der Waals surface area contributed by atoms with Gasteiger partial charge in [-0.05, 0) is 31.1 Å². The molecule has 1 aliphatic heterocycles. The maximum atomic E-state index is 14.0. The van der Waals surface area contributed by atoms with E-state index < -0.39 is 39.0 Å². The minimum absolute atomic E-state index is 0.0879. The van der Waals surface area contributed by atoms with E-state index in [9.17, 15) is 26.1 Å². The van der Waals surface area contributed by atoms with Crippen molar-refractivity contribution in [2.45, 2.75) is 17.7 Å². The number of nitrogens with zero attached hydrogens (tertiary/aromatic N) is 2. The molecule has 0 spiro atoms. The molecule has 3 rings (SSSR count). The van der Waals surface area contributed by atoms with Gasteiger partial charge in [-0.1, -0.05) is 23.8 Å².